The Kier molecular flexibility index (Phi) is 8.04. The molecule has 0 aliphatic carbocycles. The number of unbranched alkanes of at least 4 members (excludes halogenated alkanes) is 1. The van der Waals surface area contributed by atoms with Crippen LogP contribution in [0, 0.1) is 5.92 Å². The van der Waals surface area contributed by atoms with E-state index in [9.17, 15) is 4.79 Å². The van der Waals surface area contributed by atoms with Gasteiger partial charge < -0.3 is 15.0 Å². The number of nitrogens with zero attached hydrogens (tertiary/aromatic N) is 5. The number of halogens is 1. The van der Waals surface area contributed by atoms with Crippen LogP contribution < -0.4 is 5.73 Å². The molecule has 194 valence electrons. The molecule has 0 saturated heterocycles. The zero-order valence-corrected chi connectivity index (χ0v) is 22.3. The minimum atomic E-state index is -1.44. The highest BCUT2D eigenvalue weighted by molar-refractivity contribution is 6.30. The van der Waals surface area contributed by atoms with Crippen LogP contribution in [-0.4, -0.2) is 43.3 Å². The van der Waals surface area contributed by atoms with E-state index in [1.54, 1.807) is 0 Å². The zero-order chi connectivity index (χ0) is 26.6. The normalized spacial score (nSPS) is 13.1. The van der Waals surface area contributed by atoms with E-state index >= 15 is 0 Å². The molecule has 4 aromatic rings. The maximum atomic E-state index is 12.9. The molecule has 37 heavy (non-hydrogen) atoms. The molecule has 10 heteroatoms. The Morgan fingerprint density at radius 2 is 1.86 bits per heavy atom. The number of imidazole rings is 1. The Balaban J connectivity index is 1.74. The fourth-order valence-electron chi connectivity index (χ4n) is 4.51. The first-order valence-electron chi connectivity index (χ1n) is 12.4. The second-order valence-corrected chi connectivity index (χ2v) is 9.71. The number of carbonyl (C=O) groups excluding carboxylic acids is 1. The number of ether oxygens (including phenoxy) is 1. The molecule has 0 aliphatic heterocycles. The van der Waals surface area contributed by atoms with E-state index in [0.29, 0.717) is 18.1 Å². The molecule has 0 spiro atoms. The van der Waals surface area contributed by atoms with E-state index in [2.05, 4.69) is 56.8 Å². The first-order chi connectivity index (χ1) is 17.8. The van der Waals surface area contributed by atoms with E-state index < -0.39 is 11.5 Å². The Morgan fingerprint density at radius 3 is 2.46 bits per heavy atom. The minimum absolute atomic E-state index is 0.235. The minimum Gasteiger partial charge on any atom is -0.467 e. The fourth-order valence-corrected chi connectivity index (χ4v) is 4.87. The van der Waals surface area contributed by atoms with E-state index in [4.69, 9.17) is 22.1 Å². The number of H-pyrrole nitrogens is 1. The van der Waals surface area contributed by atoms with Gasteiger partial charge in [0.25, 0.3) is 0 Å². The predicted molar refractivity (Wildman–Crippen MR) is 143 cm³/mol. The Hall–Kier alpha value is -3.56. The smallest absolute Gasteiger partial charge is 0.332 e. The number of methoxy groups -OCH3 is 1. The summed E-state index contributed by atoms with van der Waals surface area (Å²) in [5.41, 5.74) is 9.70. The van der Waals surface area contributed by atoms with Crippen molar-refractivity contribution in [2.45, 2.75) is 52.1 Å². The largest absolute Gasteiger partial charge is 0.467 e. The van der Waals surface area contributed by atoms with Gasteiger partial charge in [0.2, 0.25) is 5.82 Å². The lowest BCUT2D eigenvalue weighted by Gasteiger charge is -2.32. The molecule has 2 aromatic carbocycles. The number of hydrogen-bond donors (Lipinski definition) is 2. The van der Waals surface area contributed by atoms with Crippen LogP contribution in [0.15, 0.2) is 48.5 Å². The van der Waals surface area contributed by atoms with E-state index in [1.165, 1.54) is 7.11 Å². The highest BCUT2D eigenvalue weighted by Gasteiger charge is 2.46. The summed E-state index contributed by atoms with van der Waals surface area (Å²) in [5, 5.41) is 14.7. The molecule has 0 radical (unpaired) electrons. The van der Waals surface area contributed by atoms with Crippen molar-refractivity contribution >= 4 is 17.6 Å². The van der Waals surface area contributed by atoms with Gasteiger partial charge in [-0.1, -0.05) is 87.3 Å². The zero-order valence-electron chi connectivity index (χ0n) is 21.5. The van der Waals surface area contributed by atoms with Gasteiger partial charge in [0.1, 0.15) is 5.82 Å². The number of esters is 1. The molecule has 1 atom stereocenters. The van der Waals surface area contributed by atoms with Crippen LogP contribution in [0.5, 0.6) is 0 Å². The van der Waals surface area contributed by atoms with Gasteiger partial charge in [-0.15, -0.1) is 10.2 Å². The molecule has 3 N–H and O–H groups in total. The van der Waals surface area contributed by atoms with Crippen LogP contribution in [0.1, 0.15) is 50.7 Å². The molecule has 0 bridgehead atoms. The van der Waals surface area contributed by atoms with Crippen molar-refractivity contribution in [1.82, 2.24) is 30.2 Å². The van der Waals surface area contributed by atoms with Crippen molar-refractivity contribution in [3.63, 3.8) is 0 Å². The van der Waals surface area contributed by atoms with E-state index in [-0.39, 0.29) is 11.1 Å². The molecular formula is C27H32ClN7O2. The predicted octanol–water partition coefficient (Wildman–Crippen LogP) is 4.76. The monoisotopic (exact) mass is 521 g/mol. The van der Waals surface area contributed by atoms with Crippen molar-refractivity contribution < 1.29 is 9.53 Å². The summed E-state index contributed by atoms with van der Waals surface area (Å²) in [6, 6.07) is 16.1. The van der Waals surface area contributed by atoms with Gasteiger partial charge in [0.05, 0.1) is 12.8 Å². The Labute approximate surface area is 221 Å². The van der Waals surface area contributed by atoms with Crippen molar-refractivity contribution in [1.29, 1.82) is 0 Å². The first kappa shape index (κ1) is 26.5. The summed E-state index contributed by atoms with van der Waals surface area (Å²) in [6.07, 6.45) is 2.67. The highest BCUT2D eigenvalue weighted by atomic mass is 35.5. The van der Waals surface area contributed by atoms with Crippen molar-refractivity contribution in [2.75, 3.05) is 7.11 Å². The fraction of sp³-hybridized carbons (Fsp3) is 0.370. The lowest BCUT2D eigenvalue weighted by molar-refractivity contribution is -0.149. The van der Waals surface area contributed by atoms with Gasteiger partial charge in [-0.05, 0) is 34.2 Å². The number of carbonyl (C=O) groups is 1. The van der Waals surface area contributed by atoms with Gasteiger partial charge in [0, 0.05) is 18.5 Å². The lowest BCUT2D eigenvalue weighted by Crippen LogP contribution is -2.51. The summed E-state index contributed by atoms with van der Waals surface area (Å²) < 4.78 is 7.09. The average Bonchev–Trinajstić information content (AvgIpc) is 3.55. The molecule has 2 heterocycles. The van der Waals surface area contributed by atoms with Crippen LogP contribution in [0.4, 0.5) is 0 Å². The maximum absolute atomic E-state index is 12.9. The van der Waals surface area contributed by atoms with Gasteiger partial charge in [0.15, 0.2) is 10.7 Å². The van der Waals surface area contributed by atoms with Crippen molar-refractivity contribution in [3.05, 3.63) is 70.8 Å². The third-order valence-electron chi connectivity index (χ3n) is 6.70. The van der Waals surface area contributed by atoms with E-state index in [1.807, 2.05) is 42.7 Å². The summed E-state index contributed by atoms with van der Waals surface area (Å²) >= 11 is 6.66. The summed E-state index contributed by atoms with van der Waals surface area (Å²) in [6.45, 7) is 6.35. The number of nitrogens with two attached hydrogens (primary N) is 1. The summed E-state index contributed by atoms with van der Waals surface area (Å²) in [5.74, 6) is 0.526. The number of nitrogens with one attached hydrogen (secondary N) is 1. The molecule has 0 saturated carbocycles. The number of hydrogen-bond acceptors (Lipinski definition) is 7. The topological polar surface area (TPSA) is 125 Å². The second kappa shape index (κ2) is 11.2. The standard InChI is InChI=1S/C27H32ClN7O2/c1-5-6-11-22-30-24(28)23(27(29,17(2)3)26(36)37-4)35(22)16-18-12-14-19(15-13-18)20-9-7-8-10-21(20)25-31-33-34-32-25/h7-10,12-15,17H,5-6,11,16,29H2,1-4H3,(H,31,32,33,34)/t27-/m1/s1. The van der Waals surface area contributed by atoms with Crippen LogP contribution >= 0.6 is 11.6 Å². The van der Waals surface area contributed by atoms with Gasteiger partial charge in [-0.25, -0.2) is 9.78 Å². The number of aryl methyl sites for hydroxylation is 1. The summed E-state index contributed by atoms with van der Waals surface area (Å²) in [4.78, 5) is 17.6. The number of benzene rings is 2. The maximum Gasteiger partial charge on any atom is 0.332 e. The highest BCUT2D eigenvalue weighted by Crippen LogP contribution is 2.36. The Bertz CT molecular complexity index is 1350. The molecular weight excluding hydrogens is 490 g/mol. The van der Waals surface area contributed by atoms with Crippen LogP contribution in [0.25, 0.3) is 22.5 Å². The number of aromatic nitrogens is 6. The lowest BCUT2D eigenvalue weighted by atomic mass is 9.84. The van der Waals surface area contributed by atoms with Crippen molar-refractivity contribution in [3.8, 4) is 22.5 Å². The molecule has 2 aromatic heterocycles. The molecule has 0 aliphatic rings. The second-order valence-electron chi connectivity index (χ2n) is 9.35. The SMILES string of the molecule is CCCCc1nc(Cl)c([C@@](N)(C(=O)OC)C(C)C)n1Cc1ccc(-c2ccccc2-c2nn[nH]n2)cc1. The third kappa shape index (κ3) is 5.14. The van der Waals surface area contributed by atoms with Gasteiger partial charge in [-0.3, -0.25) is 0 Å². The van der Waals surface area contributed by atoms with Gasteiger partial charge >= 0.3 is 5.97 Å². The van der Waals surface area contributed by atoms with Crippen LogP contribution in [-0.2, 0) is 28.0 Å². The van der Waals surface area contributed by atoms with Crippen LogP contribution in [0.3, 0.4) is 0 Å². The van der Waals surface area contributed by atoms with Gasteiger partial charge in [-0.2, -0.15) is 5.21 Å². The summed E-state index contributed by atoms with van der Waals surface area (Å²) in [7, 11) is 1.34. The molecule has 0 amide bonds. The first-order valence-corrected chi connectivity index (χ1v) is 12.7. The molecule has 0 unspecified atom stereocenters. The Morgan fingerprint density at radius 1 is 1.16 bits per heavy atom. The number of rotatable bonds is 10. The number of tetrazole rings is 1. The molecule has 4 rings (SSSR count). The van der Waals surface area contributed by atoms with Crippen LogP contribution in [0.2, 0.25) is 5.15 Å². The molecule has 9 nitrogen and oxygen atoms in total. The van der Waals surface area contributed by atoms with Crippen molar-refractivity contribution in [2.24, 2.45) is 11.7 Å². The average molecular weight is 522 g/mol. The number of aromatic amines is 1. The van der Waals surface area contributed by atoms with E-state index in [0.717, 1.165) is 47.3 Å². The third-order valence-corrected chi connectivity index (χ3v) is 6.97. The molecule has 0 fully saturated rings. The quantitative estimate of drug-likeness (QED) is 0.288.